The Kier molecular flexibility index (Phi) is 3.47. The van der Waals surface area contributed by atoms with Gasteiger partial charge in [0.2, 0.25) is 5.91 Å². The van der Waals surface area contributed by atoms with Gasteiger partial charge in [-0.05, 0) is 37.4 Å². The van der Waals surface area contributed by atoms with Crippen LogP contribution in [-0.2, 0) is 17.8 Å². The van der Waals surface area contributed by atoms with E-state index >= 15 is 0 Å². The summed E-state index contributed by atoms with van der Waals surface area (Å²) in [6.07, 6.45) is 2.92. The SMILES string of the molecule is O=C(C1CCCN1)N1CCc2cc(-c3ccccc3)oc2C1. The van der Waals surface area contributed by atoms with Gasteiger partial charge in [0, 0.05) is 12.1 Å². The number of nitrogens with zero attached hydrogens (tertiary/aromatic N) is 1. The van der Waals surface area contributed by atoms with Gasteiger partial charge in [0.05, 0.1) is 12.6 Å². The molecule has 1 aromatic carbocycles. The molecule has 22 heavy (non-hydrogen) atoms. The first kappa shape index (κ1) is 13.6. The summed E-state index contributed by atoms with van der Waals surface area (Å²) in [4.78, 5) is 14.4. The molecule has 2 aliphatic rings. The maximum atomic E-state index is 12.5. The summed E-state index contributed by atoms with van der Waals surface area (Å²) >= 11 is 0. The molecule has 0 saturated carbocycles. The second-order valence-electron chi connectivity index (χ2n) is 6.08. The lowest BCUT2D eigenvalue weighted by molar-refractivity contribution is -0.134. The Morgan fingerprint density at radius 2 is 2.14 bits per heavy atom. The number of rotatable bonds is 2. The first-order chi connectivity index (χ1) is 10.8. The standard InChI is InChI=1S/C18H20N2O2/c21-18(15-7-4-9-19-15)20-10-8-14-11-16(22-17(14)12-20)13-5-2-1-3-6-13/h1-3,5-6,11,15,19H,4,7-10,12H2. The molecule has 0 aliphatic carbocycles. The largest absolute Gasteiger partial charge is 0.459 e. The predicted octanol–water partition coefficient (Wildman–Crippen LogP) is 2.58. The Morgan fingerprint density at radius 3 is 2.91 bits per heavy atom. The highest BCUT2D eigenvalue weighted by Gasteiger charge is 2.30. The summed E-state index contributed by atoms with van der Waals surface area (Å²) in [7, 11) is 0. The van der Waals surface area contributed by atoms with Crippen molar-refractivity contribution in [2.75, 3.05) is 13.1 Å². The Morgan fingerprint density at radius 1 is 1.27 bits per heavy atom. The molecule has 1 fully saturated rings. The number of carbonyl (C=O) groups is 1. The number of furan rings is 1. The van der Waals surface area contributed by atoms with Gasteiger partial charge in [0.25, 0.3) is 0 Å². The molecule has 2 aromatic rings. The van der Waals surface area contributed by atoms with Crippen molar-refractivity contribution in [1.29, 1.82) is 0 Å². The van der Waals surface area contributed by atoms with Crippen LogP contribution in [-0.4, -0.2) is 29.9 Å². The zero-order valence-electron chi connectivity index (χ0n) is 12.5. The van der Waals surface area contributed by atoms with Crippen molar-refractivity contribution in [3.05, 3.63) is 47.7 Å². The zero-order chi connectivity index (χ0) is 14.9. The van der Waals surface area contributed by atoms with Crippen LogP contribution in [0.3, 0.4) is 0 Å². The molecule has 1 atom stereocenters. The fourth-order valence-electron chi connectivity index (χ4n) is 3.37. The van der Waals surface area contributed by atoms with Crippen LogP contribution in [0.4, 0.5) is 0 Å². The minimum Gasteiger partial charge on any atom is -0.459 e. The van der Waals surface area contributed by atoms with Crippen LogP contribution in [0.2, 0.25) is 0 Å². The molecular weight excluding hydrogens is 276 g/mol. The van der Waals surface area contributed by atoms with E-state index < -0.39 is 0 Å². The lowest BCUT2D eigenvalue weighted by atomic mass is 10.1. The fraction of sp³-hybridized carbons (Fsp3) is 0.389. The van der Waals surface area contributed by atoms with Crippen molar-refractivity contribution in [3.8, 4) is 11.3 Å². The smallest absolute Gasteiger partial charge is 0.240 e. The third kappa shape index (κ3) is 2.44. The van der Waals surface area contributed by atoms with Gasteiger partial charge in [-0.15, -0.1) is 0 Å². The molecule has 1 saturated heterocycles. The normalized spacial score (nSPS) is 20.9. The van der Waals surface area contributed by atoms with Crippen molar-refractivity contribution < 1.29 is 9.21 Å². The highest BCUT2D eigenvalue weighted by Crippen LogP contribution is 2.29. The molecule has 3 heterocycles. The van der Waals surface area contributed by atoms with Gasteiger partial charge < -0.3 is 14.6 Å². The minimum absolute atomic E-state index is 0.00473. The Balaban J connectivity index is 1.54. The van der Waals surface area contributed by atoms with E-state index in [-0.39, 0.29) is 11.9 Å². The first-order valence-corrected chi connectivity index (χ1v) is 8.00. The van der Waals surface area contributed by atoms with Gasteiger partial charge in [-0.1, -0.05) is 30.3 Å². The van der Waals surface area contributed by atoms with Crippen molar-refractivity contribution >= 4 is 5.91 Å². The van der Waals surface area contributed by atoms with Crippen molar-refractivity contribution in [2.24, 2.45) is 0 Å². The summed E-state index contributed by atoms with van der Waals surface area (Å²) in [6, 6.07) is 12.3. The molecule has 1 N–H and O–H groups in total. The number of nitrogens with one attached hydrogen (secondary N) is 1. The minimum atomic E-state index is 0.00473. The predicted molar refractivity (Wildman–Crippen MR) is 84.3 cm³/mol. The van der Waals surface area contributed by atoms with Crippen molar-refractivity contribution in [2.45, 2.75) is 31.8 Å². The average Bonchev–Trinajstić information content (AvgIpc) is 3.23. The van der Waals surface area contributed by atoms with Crippen LogP contribution in [0.15, 0.2) is 40.8 Å². The number of hydrogen-bond donors (Lipinski definition) is 1. The monoisotopic (exact) mass is 296 g/mol. The third-order valence-corrected chi connectivity index (χ3v) is 4.61. The van der Waals surface area contributed by atoms with Crippen LogP contribution < -0.4 is 5.32 Å². The zero-order valence-corrected chi connectivity index (χ0v) is 12.5. The first-order valence-electron chi connectivity index (χ1n) is 8.00. The van der Waals surface area contributed by atoms with Gasteiger partial charge >= 0.3 is 0 Å². The van der Waals surface area contributed by atoms with Crippen LogP contribution in [0.5, 0.6) is 0 Å². The maximum absolute atomic E-state index is 12.5. The van der Waals surface area contributed by atoms with E-state index in [2.05, 4.69) is 23.5 Å². The molecular formula is C18H20N2O2. The second-order valence-corrected chi connectivity index (χ2v) is 6.08. The van der Waals surface area contributed by atoms with Crippen LogP contribution in [0.1, 0.15) is 24.2 Å². The molecule has 114 valence electrons. The van der Waals surface area contributed by atoms with Crippen LogP contribution >= 0.6 is 0 Å². The summed E-state index contributed by atoms with van der Waals surface area (Å²) in [5.41, 5.74) is 2.33. The molecule has 2 aliphatic heterocycles. The average molecular weight is 296 g/mol. The lowest BCUT2D eigenvalue weighted by Gasteiger charge is -2.28. The van der Waals surface area contributed by atoms with E-state index in [0.717, 1.165) is 49.4 Å². The number of hydrogen-bond acceptors (Lipinski definition) is 3. The lowest BCUT2D eigenvalue weighted by Crippen LogP contribution is -2.45. The molecule has 1 amide bonds. The number of benzene rings is 1. The van der Waals surface area contributed by atoms with E-state index in [4.69, 9.17) is 4.42 Å². The summed E-state index contributed by atoms with van der Waals surface area (Å²) < 4.78 is 6.02. The number of carbonyl (C=O) groups excluding carboxylic acids is 1. The molecule has 4 nitrogen and oxygen atoms in total. The van der Waals surface area contributed by atoms with E-state index in [1.54, 1.807) is 0 Å². The molecule has 0 bridgehead atoms. The molecule has 4 heteroatoms. The maximum Gasteiger partial charge on any atom is 0.240 e. The van der Waals surface area contributed by atoms with E-state index in [1.165, 1.54) is 5.56 Å². The Hall–Kier alpha value is -2.07. The summed E-state index contributed by atoms with van der Waals surface area (Å²) in [5.74, 6) is 2.07. The van der Waals surface area contributed by atoms with Gasteiger partial charge in [-0.2, -0.15) is 0 Å². The molecule has 0 radical (unpaired) electrons. The number of amides is 1. The summed E-state index contributed by atoms with van der Waals surface area (Å²) in [5, 5.41) is 3.29. The Labute approximate surface area is 130 Å². The van der Waals surface area contributed by atoms with Crippen molar-refractivity contribution in [3.63, 3.8) is 0 Å². The molecule has 1 unspecified atom stereocenters. The highest BCUT2D eigenvalue weighted by molar-refractivity contribution is 5.82. The van der Waals surface area contributed by atoms with Gasteiger partial charge in [-0.25, -0.2) is 0 Å². The van der Waals surface area contributed by atoms with Gasteiger partial charge in [0.1, 0.15) is 11.5 Å². The second kappa shape index (κ2) is 5.61. The van der Waals surface area contributed by atoms with Crippen LogP contribution in [0.25, 0.3) is 11.3 Å². The van der Waals surface area contributed by atoms with Crippen molar-refractivity contribution in [1.82, 2.24) is 10.2 Å². The van der Waals surface area contributed by atoms with E-state index in [1.807, 2.05) is 23.1 Å². The van der Waals surface area contributed by atoms with Gasteiger partial charge in [-0.3, -0.25) is 4.79 Å². The van der Waals surface area contributed by atoms with Crippen LogP contribution in [0, 0.1) is 0 Å². The molecule has 1 aromatic heterocycles. The third-order valence-electron chi connectivity index (χ3n) is 4.61. The topological polar surface area (TPSA) is 45.5 Å². The quantitative estimate of drug-likeness (QED) is 0.926. The highest BCUT2D eigenvalue weighted by atomic mass is 16.3. The molecule has 0 spiro atoms. The number of fused-ring (bicyclic) bond motifs is 1. The summed E-state index contributed by atoms with van der Waals surface area (Å²) in [6.45, 7) is 2.34. The van der Waals surface area contributed by atoms with E-state index in [9.17, 15) is 4.79 Å². The van der Waals surface area contributed by atoms with E-state index in [0.29, 0.717) is 6.54 Å². The van der Waals surface area contributed by atoms with Gasteiger partial charge in [0.15, 0.2) is 0 Å². The molecule has 4 rings (SSSR count). The Bertz CT molecular complexity index is 672. The fourth-order valence-corrected chi connectivity index (χ4v) is 3.37.